The van der Waals surface area contributed by atoms with Gasteiger partial charge in [-0.25, -0.2) is 5.43 Å². The number of aromatic nitrogens is 1. The highest BCUT2D eigenvalue weighted by atomic mass is 35.5. The van der Waals surface area contributed by atoms with Gasteiger partial charge in [-0.15, -0.1) is 12.4 Å². The third-order valence-electron chi connectivity index (χ3n) is 5.01. The smallest absolute Gasteiger partial charge is 0.309 e. The Kier molecular flexibility index (Phi) is 10.1. The second kappa shape index (κ2) is 11.8. The highest BCUT2D eigenvalue weighted by Gasteiger charge is 2.33. The predicted octanol–water partition coefficient (Wildman–Crippen LogP) is 3.41. The third-order valence-corrected chi connectivity index (χ3v) is 5.01. The summed E-state index contributed by atoms with van der Waals surface area (Å²) >= 11 is 0. The van der Waals surface area contributed by atoms with E-state index in [0.717, 1.165) is 32.1 Å². The van der Waals surface area contributed by atoms with Crippen molar-refractivity contribution in [1.82, 2.24) is 15.7 Å². The molecule has 8 heteroatoms. The first kappa shape index (κ1) is 25.8. The molecule has 1 aromatic heterocycles. The molecule has 1 fully saturated rings. The molecule has 1 aromatic rings. The molecule has 1 unspecified atom stereocenters. The summed E-state index contributed by atoms with van der Waals surface area (Å²) < 4.78 is 0. The summed E-state index contributed by atoms with van der Waals surface area (Å²) in [6, 6.07) is 4.49. The Morgan fingerprint density at radius 3 is 2.40 bits per heavy atom. The van der Waals surface area contributed by atoms with Crippen molar-refractivity contribution in [2.24, 2.45) is 16.4 Å². The van der Waals surface area contributed by atoms with Crippen LogP contribution in [0.5, 0.6) is 0 Å². The second-order valence-electron chi connectivity index (χ2n) is 8.88. The normalized spacial score (nSPS) is 16.2. The van der Waals surface area contributed by atoms with Crippen LogP contribution in [0, 0.1) is 11.3 Å². The largest absolute Gasteiger partial charge is 0.345 e. The summed E-state index contributed by atoms with van der Waals surface area (Å²) in [5.74, 6) is -1.72. The number of amides is 2. The first-order valence-corrected chi connectivity index (χ1v) is 10.3. The topological polar surface area (TPSA) is 101 Å². The SMILES string of the molecule is CC(=NNC(=O)C(=O)C(CC(C)(C)C)NC(=O)C1CCCCC1)c1ccccn1.Cl. The molecular weight excluding hydrogens is 404 g/mol. The van der Waals surface area contributed by atoms with Crippen molar-refractivity contribution in [2.75, 3.05) is 0 Å². The van der Waals surface area contributed by atoms with Gasteiger partial charge in [-0.1, -0.05) is 46.1 Å². The standard InChI is InChI=1S/C22H32N4O3.ClH/c1-15(17-12-8-9-13-23-17)25-26-21(29)19(27)18(14-22(2,3)4)24-20(28)16-10-6-5-7-11-16;/h8-9,12-13,16,18H,5-7,10-11,14H2,1-4H3,(H,24,28)(H,26,29);1H. The molecule has 1 aliphatic carbocycles. The van der Waals surface area contributed by atoms with Crippen LogP contribution in [0.3, 0.4) is 0 Å². The van der Waals surface area contributed by atoms with Crippen molar-refractivity contribution < 1.29 is 14.4 Å². The maximum absolute atomic E-state index is 12.8. The van der Waals surface area contributed by atoms with Gasteiger partial charge in [0.05, 0.1) is 17.4 Å². The number of halogens is 1. The lowest BCUT2D eigenvalue weighted by Gasteiger charge is -2.28. The minimum atomic E-state index is -0.866. The minimum Gasteiger partial charge on any atom is -0.345 e. The van der Waals surface area contributed by atoms with Gasteiger partial charge in [-0.2, -0.15) is 5.10 Å². The molecular formula is C22H33ClN4O3. The Morgan fingerprint density at radius 1 is 1.17 bits per heavy atom. The number of pyridine rings is 1. The van der Waals surface area contributed by atoms with Crippen LogP contribution in [0.25, 0.3) is 0 Å². The zero-order valence-electron chi connectivity index (χ0n) is 18.2. The van der Waals surface area contributed by atoms with Crippen LogP contribution in [0.4, 0.5) is 0 Å². The maximum Gasteiger partial charge on any atom is 0.309 e. The second-order valence-corrected chi connectivity index (χ2v) is 8.88. The zero-order valence-corrected chi connectivity index (χ0v) is 19.1. The molecule has 1 aliphatic rings. The maximum atomic E-state index is 12.8. The number of ketones is 1. The van der Waals surface area contributed by atoms with Crippen molar-refractivity contribution in [1.29, 1.82) is 0 Å². The van der Waals surface area contributed by atoms with Crippen molar-refractivity contribution in [3.8, 4) is 0 Å². The fourth-order valence-corrected chi connectivity index (χ4v) is 3.46. The monoisotopic (exact) mass is 436 g/mol. The van der Waals surface area contributed by atoms with E-state index in [1.165, 1.54) is 0 Å². The van der Waals surface area contributed by atoms with Gasteiger partial charge < -0.3 is 5.32 Å². The van der Waals surface area contributed by atoms with Crippen LogP contribution in [0.2, 0.25) is 0 Å². The third kappa shape index (κ3) is 8.22. The number of nitrogens with one attached hydrogen (secondary N) is 2. The molecule has 0 aliphatic heterocycles. The predicted molar refractivity (Wildman–Crippen MR) is 119 cm³/mol. The number of rotatable bonds is 7. The van der Waals surface area contributed by atoms with Gasteiger partial charge in [0.2, 0.25) is 11.7 Å². The van der Waals surface area contributed by atoms with E-state index < -0.39 is 17.7 Å². The lowest BCUT2D eigenvalue weighted by Crippen LogP contribution is -2.50. The number of hydrogen-bond donors (Lipinski definition) is 2. The molecule has 1 saturated carbocycles. The molecule has 1 atom stereocenters. The molecule has 0 bridgehead atoms. The number of hydrazone groups is 1. The quantitative estimate of drug-likeness (QED) is 0.388. The Hall–Kier alpha value is -2.28. The van der Waals surface area contributed by atoms with Crippen molar-refractivity contribution in [2.45, 2.75) is 72.3 Å². The van der Waals surface area contributed by atoms with Crippen LogP contribution in [0.15, 0.2) is 29.5 Å². The Morgan fingerprint density at radius 2 is 1.83 bits per heavy atom. The molecule has 2 rings (SSSR count). The van der Waals surface area contributed by atoms with Gasteiger partial charge >= 0.3 is 5.91 Å². The van der Waals surface area contributed by atoms with Gasteiger partial charge in [0.15, 0.2) is 0 Å². The number of nitrogens with zero attached hydrogens (tertiary/aromatic N) is 2. The highest BCUT2D eigenvalue weighted by Crippen LogP contribution is 2.25. The van der Waals surface area contributed by atoms with E-state index in [1.807, 2.05) is 26.8 Å². The summed E-state index contributed by atoms with van der Waals surface area (Å²) in [5, 5.41) is 6.82. The van der Waals surface area contributed by atoms with Crippen molar-refractivity contribution in [3.05, 3.63) is 30.1 Å². The van der Waals surface area contributed by atoms with Gasteiger partial charge in [-0.05, 0) is 43.7 Å². The van der Waals surface area contributed by atoms with Gasteiger partial charge in [-0.3, -0.25) is 19.4 Å². The minimum absolute atomic E-state index is 0. The first-order chi connectivity index (χ1) is 13.7. The lowest BCUT2D eigenvalue weighted by atomic mass is 9.85. The molecule has 0 saturated heterocycles. The number of carbonyl (C=O) groups is 3. The average molecular weight is 437 g/mol. The first-order valence-electron chi connectivity index (χ1n) is 10.3. The van der Waals surface area contributed by atoms with Crippen molar-refractivity contribution >= 4 is 35.7 Å². The van der Waals surface area contributed by atoms with E-state index in [0.29, 0.717) is 17.8 Å². The number of hydrogen-bond acceptors (Lipinski definition) is 5. The molecule has 2 N–H and O–H groups in total. The van der Waals surface area contributed by atoms with Crippen LogP contribution in [0.1, 0.15) is 71.9 Å². The van der Waals surface area contributed by atoms with Gasteiger partial charge in [0.25, 0.3) is 0 Å². The van der Waals surface area contributed by atoms with Crippen LogP contribution < -0.4 is 10.7 Å². The average Bonchev–Trinajstić information content (AvgIpc) is 2.71. The van der Waals surface area contributed by atoms with Crippen LogP contribution >= 0.6 is 12.4 Å². The van der Waals surface area contributed by atoms with E-state index >= 15 is 0 Å². The summed E-state index contributed by atoms with van der Waals surface area (Å²) in [4.78, 5) is 42.0. The number of carbonyl (C=O) groups excluding carboxylic acids is 3. The Labute approximate surface area is 184 Å². The Bertz CT molecular complexity index is 753. The van der Waals surface area contributed by atoms with Crippen molar-refractivity contribution in [3.63, 3.8) is 0 Å². The highest BCUT2D eigenvalue weighted by molar-refractivity contribution is 6.38. The van der Waals surface area contributed by atoms with Crippen LogP contribution in [-0.4, -0.2) is 34.3 Å². The molecule has 1 heterocycles. The van der Waals surface area contributed by atoms with E-state index in [1.54, 1.807) is 25.3 Å². The summed E-state index contributed by atoms with van der Waals surface area (Å²) in [6.07, 6.45) is 6.87. The van der Waals surface area contributed by atoms with Gasteiger partial charge in [0.1, 0.15) is 0 Å². The number of Topliss-reactive ketones (excluding diaryl/α,β-unsaturated/α-hetero) is 1. The molecule has 7 nitrogen and oxygen atoms in total. The van der Waals surface area contributed by atoms with Crippen LogP contribution in [-0.2, 0) is 14.4 Å². The lowest BCUT2D eigenvalue weighted by molar-refractivity contribution is -0.141. The molecule has 0 aromatic carbocycles. The van der Waals surface area contributed by atoms with E-state index in [-0.39, 0.29) is 29.6 Å². The molecule has 0 spiro atoms. The molecule has 0 radical (unpaired) electrons. The van der Waals surface area contributed by atoms with E-state index in [4.69, 9.17) is 0 Å². The fraction of sp³-hybridized carbons (Fsp3) is 0.591. The van der Waals surface area contributed by atoms with E-state index in [2.05, 4.69) is 20.8 Å². The van der Waals surface area contributed by atoms with E-state index in [9.17, 15) is 14.4 Å². The summed E-state index contributed by atoms with van der Waals surface area (Å²) in [6.45, 7) is 7.62. The zero-order chi connectivity index (χ0) is 21.4. The molecule has 166 valence electrons. The summed E-state index contributed by atoms with van der Waals surface area (Å²) in [7, 11) is 0. The Balaban J connectivity index is 0.00000450. The molecule has 2 amide bonds. The molecule has 30 heavy (non-hydrogen) atoms. The van der Waals surface area contributed by atoms with Gasteiger partial charge in [0, 0.05) is 12.1 Å². The fourth-order valence-electron chi connectivity index (χ4n) is 3.46. The summed E-state index contributed by atoms with van der Waals surface area (Å²) in [5.41, 5.74) is 3.18.